The number of aromatic nitrogens is 1. The molecule has 0 saturated heterocycles. The van der Waals surface area contributed by atoms with Crippen molar-refractivity contribution in [3.8, 4) is 28.0 Å². The lowest BCUT2D eigenvalue weighted by Crippen LogP contribution is -2.17. The fourth-order valence-electron chi connectivity index (χ4n) is 3.47. The first-order valence-electron chi connectivity index (χ1n) is 10.3. The molecule has 0 saturated carbocycles. The Kier molecular flexibility index (Phi) is 6.50. The van der Waals surface area contributed by atoms with E-state index in [1.165, 1.54) is 42.6 Å². The average Bonchev–Trinajstić information content (AvgIpc) is 2.84. The fourth-order valence-corrected chi connectivity index (χ4v) is 3.47. The van der Waals surface area contributed by atoms with Crippen LogP contribution in [0.1, 0.15) is 20.7 Å². The number of amides is 1. The summed E-state index contributed by atoms with van der Waals surface area (Å²) in [5, 5.41) is 12.1. The third kappa shape index (κ3) is 5.64. The van der Waals surface area contributed by atoms with Gasteiger partial charge in [-0.1, -0.05) is 54.6 Å². The maximum Gasteiger partial charge on any atom is 0.573 e. The highest BCUT2D eigenvalue weighted by Crippen LogP contribution is 2.35. The molecular weight excluding hydrogens is 461 g/mol. The Morgan fingerprint density at radius 3 is 2.26 bits per heavy atom. The number of carboxylic acids is 1. The quantitative estimate of drug-likeness (QED) is 0.341. The number of ether oxygens (including phenoxy) is 1. The number of anilines is 1. The predicted molar refractivity (Wildman–Crippen MR) is 123 cm³/mol. The van der Waals surface area contributed by atoms with Crippen LogP contribution in [0.15, 0.2) is 91.3 Å². The van der Waals surface area contributed by atoms with E-state index in [0.29, 0.717) is 5.56 Å². The molecule has 2 N–H and O–H groups in total. The third-order valence-electron chi connectivity index (χ3n) is 5.03. The summed E-state index contributed by atoms with van der Waals surface area (Å²) in [6.07, 6.45) is -1.99. The smallest absolute Gasteiger partial charge is 0.478 e. The van der Waals surface area contributed by atoms with E-state index in [9.17, 15) is 27.9 Å². The van der Waals surface area contributed by atoms with Gasteiger partial charge in [0.05, 0.1) is 16.8 Å². The molecule has 176 valence electrons. The van der Waals surface area contributed by atoms with Crippen LogP contribution in [0.4, 0.5) is 18.9 Å². The van der Waals surface area contributed by atoms with Crippen LogP contribution >= 0.6 is 0 Å². The molecule has 4 rings (SSSR count). The maximum atomic E-state index is 13.0. The Hall–Kier alpha value is -4.66. The number of halogens is 3. The molecule has 0 unspecified atom stereocenters. The van der Waals surface area contributed by atoms with E-state index < -0.39 is 24.0 Å². The molecule has 0 fully saturated rings. The van der Waals surface area contributed by atoms with Gasteiger partial charge in [0.2, 0.25) is 0 Å². The molecule has 0 aliphatic rings. The average molecular weight is 478 g/mol. The molecule has 9 heteroatoms. The van der Waals surface area contributed by atoms with Gasteiger partial charge in [-0.25, -0.2) is 4.79 Å². The van der Waals surface area contributed by atoms with Crippen molar-refractivity contribution in [2.75, 3.05) is 5.32 Å². The van der Waals surface area contributed by atoms with Crippen LogP contribution in [-0.4, -0.2) is 28.3 Å². The number of pyridine rings is 1. The predicted octanol–water partition coefficient (Wildman–Crippen LogP) is 6.26. The normalized spacial score (nSPS) is 11.1. The molecule has 1 heterocycles. The number of hydrogen-bond donors (Lipinski definition) is 2. The largest absolute Gasteiger partial charge is 0.573 e. The summed E-state index contributed by atoms with van der Waals surface area (Å²) in [6, 6.07) is 20.1. The molecule has 1 amide bonds. The van der Waals surface area contributed by atoms with Crippen molar-refractivity contribution in [2.45, 2.75) is 6.36 Å². The second-order valence-electron chi connectivity index (χ2n) is 7.39. The Labute approximate surface area is 197 Å². The molecule has 3 aromatic carbocycles. The van der Waals surface area contributed by atoms with Gasteiger partial charge < -0.3 is 15.2 Å². The molecule has 0 spiro atoms. The maximum absolute atomic E-state index is 13.0. The van der Waals surface area contributed by atoms with E-state index in [0.717, 1.165) is 11.6 Å². The SMILES string of the molecule is O=C(Nc1cc(-c2ccccc2OC(F)(F)F)ccc1C(=O)O)c1cncc(-c2ccccc2)c1. The van der Waals surface area contributed by atoms with Crippen LogP contribution in [0.25, 0.3) is 22.3 Å². The van der Waals surface area contributed by atoms with Crippen LogP contribution in [0.3, 0.4) is 0 Å². The molecule has 0 radical (unpaired) electrons. The van der Waals surface area contributed by atoms with Gasteiger partial charge in [-0.3, -0.25) is 9.78 Å². The number of para-hydroxylation sites is 1. The van der Waals surface area contributed by atoms with Crippen molar-refractivity contribution in [1.82, 2.24) is 4.98 Å². The summed E-state index contributed by atoms with van der Waals surface area (Å²) < 4.78 is 42.6. The second-order valence-corrected chi connectivity index (χ2v) is 7.39. The van der Waals surface area contributed by atoms with Gasteiger partial charge >= 0.3 is 12.3 Å². The Bertz CT molecular complexity index is 1390. The monoisotopic (exact) mass is 478 g/mol. The van der Waals surface area contributed by atoms with Crippen LogP contribution in [0.5, 0.6) is 5.75 Å². The van der Waals surface area contributed by atoms with Crippen molar-refractivity contribution in [3.05, 3.63) is 102 Å². The highest BCUT2D eigenvalue weighted by Gasteiger charge is 2.32. The molecule has 0 atom stereocenters. The van der Waals surface area contributed by atoms with Crippen LogP contribution < -0.4 is 10.1 Å². The van der Waals surface area contributed by atoms with Gasteiger partial charge in [0, 0.05) is 23.5 Å². The minimum absolute atomic E-state index is 0.0741. The minimum Gasteiger partial charge on any atom is -0.478 e. The van der Waals surface area contributed by atoms with Gasteiger partial charge in [-0.05, 0) is 35.4 Å². The molecular formula is C26H17F3N2O4. The molecule has 0 aliphatic carbocycles. The molecule has 1 aromatic heterocycles. The number of rotatable bonds is 6. The van der Waals surface area contributed by atoms with E-state index in [1.54, 1.807) is 12.3 Å². The van der Waals surface area contributed by atoms with E-state index in [2.05, 4.69) is 15.0 Å². The lowest BCUT2D eigenvalue weighted by molar-refractivity contribution is -0.274. The first-order chi connectivity index (χ1) is 16.7. The number of hydrogen-bond acceptors (Lipinski definition) is 4. The Balaban J connectivity index is 1.69. The van der Waals surface area contributed by atoms with Gasteiger partial charge in [-0.15, -0.1) is 13.2 Å². The summed E-state index contributed by atoms with van der Waals surface area (Å²) in [7, 11) is 0. The number of aromatic carboxylic acids is 1. The highest BCUT2D eigenvalue weighted by molar-refractivity contribution is 6.08. The van der Waals surface area contributed by atoms with E-state index >= 15 is 0 Å². The number of nitrogens with zero attached hydrogens (tertiary/aromatic N) is 1. The lowest BCUT2D eigenvalue weighted by Gasteiger charge is -2.15. The Morgan fingerprint density at radius 1 is 0.829 bits per heavy atom. The van der Waals surface area contributed by atoms with Crippen molar-refractivity contribution >= 4 is 17.6 Å². The van der Waals surface area contributed by atoms with E-state index in [-0.39, 0.29) is 27.9 Å². The van der Waals surface area contributed by atoms with E-state index in [1.807, 2.05) is 30.3 Å². The number of carboxylic acid groups (broad SMARTS) is 1. The van der Waals surface area contributed by atoms with Crippen LogP contribution in [0.2, 0.25) is 0 Å². The Morgan fingerprint density at radius 2 is 1.54 bits per heavy atom. The first kappa shape index (κ1) is 23.5. The van der Waals surface area contributed by atoms with Crippen molar-refractivity contribution in [1.29, 1.82) is 0 Å². The van der Waals surface area contributed by atoms with Crippen molar-refractivity contribution < 1.29 is 32.6 Å². The standard InChI is InChI=1S/C26H17F3N2O4/c27-26(28,29)35-23-9-5-4-8-20(23)17-10-11-21(25(33)34)22(13-17)31-24(32)19-12-18(14-30-15-19)16-6-2-1-3-7-16/h1-15H,(H,31,32)(H,33,34). The van der Waals surface area contributed by atoms with Gasteiger partial charge in [0.25, 0.3) is 5.91 Å². The van der Waals surface area contributed by atoms with Gasteiger partial charge in [-0.2, -0.15) is 0 Å². The molecule has 4 aromatic rings. The third-order valence-corrected chi connectivity index (χ3v) is 5.03. The number of carbonyl (C=O) groups is 2. The zero-order valence-electron chi connectivity index (χ0n) is 17.9. The number of alkyl halides is 3. The number of carbonyl (C=O) groups excluding carboxylic acids is 1. The number of benzene rings is 3. The van der Waals surface area contributed by atoms with Crippen LogP contribution in [0, 0.1) is 0 Å². The first-order valence-corrected chi connectivity index (χ1v) is 10.3. The van der Waals surface area contributed by atoms with Gasteiger partial charge in [0.15, 0.2) is 0 Å². The van der Waals surface area contributed by atoms with E-state index in [4.69, 9.17) is 0 Å². The lowest BCUT2D eigenvalue weighted by atomic mass is 10.0. The number of nitrogens with one attached hydrogen (secondary N) is 1. The summed E-state index contributed by atoms with van der Waals surface area (Å²) in [5.41, 5.74) is 1.67. The van der Waals surface area contributed by atoms with Gasteiger partial charge in [0.1, 0.15) is 5.75 Å². The summed E-state index contributed by atoms with van der Waals surface area (Å²) in [5.74, 6) is -2.40. The minimum atomic E-state index is -4.91. The zero-order valence-corrected chi connectivity index (χ0v) is 17.9. The molecule has 0 bridgehead atoms. The second kappa shape index (κ2) is 9.68. The summed E-state index contributed by atoms with van der Waals surface area (Å²) in [6.45, 7) is 0. The fraction of sp³-hybridized carbons (Fsp3) is 0.0385. The highest BCUT2D eigenvalue weighted by atomic mass is 19.4. The van der Waals surface area contributed by atoms with Crippen molar-refractivity contribution in [3.63, 3.8) is 0 Å². The van der Waals surface area contributed by atoms with Crippen molar-refractivity contribution in [2.24, 2.45) is 0 Å². The zero-order chi connectivity index (χ0) is 25.0. The molecule has 35 heavy (non-hydrogen) atoms. The molecule has 0 aliphatic heterocycles. The summed E-state index contributed by atoms with van der Waals surface area (Å²) in [4.78, 5) is 28.8. The molecule has 6 nitrogen and oxygen atoms in total. The van der Waals surface area contributed by atoms with Crippen LogP contribution in [-0.2, 0) is 0 Å². The summed E-state index contributed by atoms with van der Waals surface area (Å²) >= 11 is 0. The topological polar surface area (TPSA) is 88.5 Å².